The zero-order valence-electron chi connectivity index (χ0n) is 15.8. The van der Waals surface area contributed by atoms with Crippen LogP contribution in [0.4, 0.5) is 10.2 Å². The van der Waals surface area contributed by atoms with Crippen LogP contribution in [0.5, 0.6) is 0 Å². The fourth-order valence-corrected chi connectivity index (χ4v) is 3.42. The first kappa shape index (κ1) is 18.9. The molecular weight excluding hydrogens is 333 g/mol. The SMILES string of the molecule is CCNC(=NCC1(CCOC)CC1)NC1CCN(c2ncccc2F)C1. The lowest BCUT2D eigenvalue weighted by Gasteiger charge is -2.20. The van der Waals surface area contributed by atoms with Crippen LogP contribution in [0.3, 0.4) is 0 Å². The molecule has 1 saturated heterocycles. The van der Waals surface area contributed by atoms with Crippen molar-refractivity contribution in [3.8, 4) is 0 Å². The summed E-state index contributed by atoms with van der Waals surface area (Å²) < 4.78 is 19.2. The number of ether oxygens (including phenoxy) is 1. The third-order valence-corrected chi connectivity index (χ3v) is 5.28. The molecule has 6 nitrogen and oxygen atoms in total. The molecule has 0 radical (unpaired) electrons. The van der Waals surface area contributed by atoms with Gasteiger partial charge in [0.05, 0.1) is 0 Å². The van der Waals surface area contributed by atoms with E-state index in [-0.39, 0.29) is 11.9 Å². The molecule has 1 unspecified atom stereocenters. The maximum atomic E-state index is 13.9. The first-order chi connectivity index (χ1) is 12.7. The van der Waals surface area contributed by atoms with Gasteiger partial charge in [0.2, 0.25) is 0 Å². The Morgan fingerprint density at radius 1 is 1.50 bits per heavy atom. The summed E-state index contributed by atoms with van der Waals surface area (Å²) in [5, 5.41) is 6.84. The smallest absolute Gasteiger partial charge is 0.191 e. The molecule has 0 spiro atoms. The van der Waals surface area contributed by atoms with E-state index in [1.165, 1.54) is 18.9 Å². The number of aromatic nitrogens is 1. The van der Waals surface area contributed by atoms with Crippen LogP contribution in [0.25, 0.3) is 0 Å². The highest BCUT2D eigenvalue weighted by Gasteiger charge is 2.42. The number of methoxy groups -OCH3 is 1. The quantitative estimate of drug-likeness (QED) is 0.548. The van der Waals surface area contributed by atoms with Crippen LogP contribution in [-0.4, -0.2) is 56.9 Å². The third-order valence-electron chi connectivity index (χ3n) is 5.28. The highest BCUT2D eigenvalue weighted by atomic mass is 19.1. The van der Waals surface area contributed by atoms with Crippen LogP contribution in [-0.2, 0) is 4.74 Å². The van der Waals surface area contributed by atoms with E-state index in [0.717, 1.165) is 51.6 Å². The lowest BCUT2D eigenvalue weighted by Crippen LogP contribution is -2.45. The average Bonchev–Trinajstić information content (AvgIpc) is 3.27. The molecule has 0 bridgehead atoms. The van der Waals surface area contributed by atoms with E-state index >= 15 is 0 Å². The van der Waals surface area contributed by atoms with Gasteiger partial charge < -0.3 is 20.3 Å². The minimum Gasteiger partial charge on any atom is -0.385 e. The first-order valence-corrected chi connectivity index (χ1v) is 9.55. The highest BCUT2D eigenvalue weighted by molar-refractivity contribution is 5.80. The van der Waals surface area contributed by atoms with Gasteiger partial charge in [-0.3, -0.25) is 4.99 Å². The molecule has 2 aliphatic rings. The van der Waals surface area contributed by atoms with E-state index in [4.69, 9.17) is 9.73 Å². The predicted octanol–water partition coefficient (Wildman–Crippen LogP) is 2.17. The molecule has 1 saturated carbocycles. The molecule has 1 aromatic rings. The largest absolute Gasteiger partial charge is 0.385 e. The van der Waals surface area contributed by atoms with E-state index in [1.807, 2.05) is 4.90 Å². The summed E-state index contributed by atoms with van der Waals surface area (Å²) in [6, 6.07) is 3.32. The second-order valence-corrected chi connectivity index (χ2v) is 7.32. The Kier molecular flexibility index (Phi) is 6.29. The Morgan fingerprint density at radius 3 is 3.04 bits per heavy atom. The molecule has 2 heterocycles. The molecule has 7 heteroatoms. The number of nitrogens with zero attached hydrogens (tertiary/aromatic N) is 3. The molecule has 2 fully saturated rings. The standard InChI is InChI=1S/C19H30FN5O/c1-3-21-18(23-14-19(7-8-19)9-12-26-2)24-15-6-11-25(13-15)17-16(20)5-4-10-22-17/h4-5,10,15H,3,6-9,11-14H2,1-2H3,(H2,21,23,24). The van der Waals surface area contributed by atoms with Gasteiger partial charge in [-0.2, -0.15) is 0 Å². The minimum absolute atomic E-state index is 0.239. The molecule has 0 amide bonds. The zero-order valence-corrected chi connectivity index (χ0v) is 15.8. The highest BCUT2D eigenvalue weighted by Crippen LogP contribution is 2.48. The van der Waals surface area contributed by atoms with Gasteiger partial charge in [0.1, 0.15) is 0 Å². The number of aliphatic imine (C=N–C) groups is 1. The van der Waals surface area contributed by atoms with Gasteiger partial charge in [-0.15, -0.1) is 0 Å². The van der Waals surface area contributed by atoms with Crippen molar-refractivity contribution in [2.24, 2.45) is 10.4 Å². The van der Waals surface area contributed by atoms with Crippen molar-refractivity contribution in [1.29, 1.82) is 0 Å². The van der Waals surface area contributed by atoms with Crippen LogP contribution in [0.2, 0.25) is 0 Å². The van der Waals surface area contributed by atoms with Crippen molar-refractivity contribution < 1.29 is 9.13 Å². The Bertz CT molecular complexity index is 620. The number of hydrogen-bond acceptors (Lipinski definition) is 4. The van der Waals surface area contributed by atoms with Gasteiger partial charge in [-0.1, -0.05) is 0 Å². The topological polar surface area (TPSA) is 61.8 Å². The molecule has 3 rings (SSSR count). The summed E-state index contributed by atoms with van der Waals surface area (Å²) in [7, 11) is 1.75. The maximum absolute atomic E-state index is 13.9. The van der Waals surface area contributed by atoms with Gasteiger partial charge in [0.25, 0.3) is 0 Å². The number of rotatable bonds is 8. The van der Waals surface area contributed by atoms with Crippen molar-refractivity contribution in [3.05, 3.63) is 24.1 Å². The molecule has 144 valence electrons. The van der Waals surface area contributed by atoms with Crippen molar-refractivity contribution >= 4 is 11.8 Å². The summed E-state index contributed by atoms with van der Waals surface area (Å²) in [5.74, 6) is 1.03. The van der Waals surface area contributed by atoms with E-state index < -0.39 is 0 Å². The normalized spacial score (nSPS) is 21.7. The van der Waals surface area contributed by atoms with Crippen LogP contribution in [0, 0.1) is 11.2 Å². The van der Waals surface area contributed by atoms with Crippen molar-refractivity contribution in [2.75, 3.05) is 44.8 Å². The molecule has 1 atom stereocenters. The Morgan fingerprint density at radius 2 is 2.35 bits per heavy atom. The van der Waals surface area contributed by atoms with Gasteiger partial charge in [0, 0.05) is 52.1 Å². The Hall–Kier alpha value is -1.89. The number of hydrogen-bond donors (Lipinski definition) is 2. The summed E-state index contributed by atoms with van der Waals surface area (Å²) in [4.78, 5) is 11.0. The van der Waals surface area contributed by atoms with Gasteiger partial charge in [-0.05, 0) is 50.2 Å². The summed E-state index contributed by atoms with van der Waals surface area (Å²) in [5.41, 5.74) is 0.331. The number of nitrogens with one attached hydrogen (secondary N) is 2. The van der Waals surface area contributed by atoms with Crippen molar-refractivity contribution in [2.45, 2.75) is 38.6 Å². The fraction of sp³-hybridized carbons (Fsp3) is 0.684. The second-order valence-electron chi connectivity index (χ2n) is 7.32. The molecule has 26 heavy (non-hydrogen) atoms. The van der Waals surface area contributed by atoms with E-state index in [0.29, 0.717) is 11.2 Å². The predicted molar refractivity (Wildman–Crippen MR) is 102 cm³/mol. The zero-order chi connectivity index (χ0) is 18.4. The summed E-state index contributed by atoms with van der Waals surface area (Å²) in [6.07, 6.45) is 6.11. The van der Waals surface area contributed by atoms with Crippen molar-refractivity contribution in [1.82, 2.24) is 15.6 Å². The first-order valence-electron chi connectivity index (χ1n) is 9.55. The fourth-order valence-electron chi connectivity index (χ4n) is 3.42. The lowest BCUT2D eigenvalue weighted by atomic mass is 10.0. The van der Waals surface area contributed by atoms with E-state index in [1.54, 1.807) is 19.4 Å². The molecule has 0 aromatic carbocycles. The number of anilines is 1. The number of pyridine rings is 1. The monoisotopic (exact) mass is 363 g/mol. The summed E-state index contributed by atoms with van der Waals surface area (Å²) in [6.45, 7) is 6.04. The van der Waals surface area contributed by atoms with Crippen LogP contribution in [0.1, 0.15) is 32.6 Å². The van der Waals surface area contributed by atoms with Crippen LogP contribution >= 0.6 is 0 Å². The summed E-state index contributed by atoms with van der Waals surface area (Å²) >= 11 is 0. The third kappa shape index (κ3) is 4.84. The molecule has 1 aliphatic heterocycles. The lowest BCUT2D eigenvalue weighted by molar-refractivity contribution is 0.174. The maximum Gasteiger partial charge on any atom is 0.191 e. The number of halogens is 1. The number of guanidine groups is 1. The van der Waals surface area contributed by atoms with Gasteiger partial charge >= 0.3 is 0 Å². The van der Waals surface area contributed by atoms with E-state index in [9.17, 15) is 4.39 Å². The molecule has 2 N–H and O–H groups in total. The Labute approximate surface area is 155 Å². The molecule has 1 aliphatic carbocycles. The molecular formula is C19H30FN5O. The van der Waals surface area contributed by atoms with Crippen molar-refractivity contribution in [3.63, 3.8) is 0 Å². The van der Waals surface area contributed by atoms with E-state index in [2.05, 4.69) is 22.5 Å². The minimum atomic E-state index is -0.262. The second kappa shape index (κ2) is 8.66. The Balaban J connectivity index is 1.55. The van der Waals surface area contributed by atoms with Crippen LogP contribution < -0.4 is 15.5 Å². The van der Waals surface area contributed by atoms with Gasteiger partial charge in [0.15, 0.2) is 17.6 Å². The average molecular weight is 363 g/mol. The molecule has 1 aromatic heterocycles. The van der Waals surface area contributed by atoms with Gasteiger partial charge in [-0.25, -0.2) is 9.37 Å². The van der Waals surface area contributed by atoms with Crippen LogP contribution in [0.15, 0.2) is 23.3 Å².